The van der Waals surface area contributed by atoms with E-state index in [0.29, 0.717) is 10.9 Å². The summed E-state index contributed by atoms with van der Waals surface area (Å²) in [6, 6.07) is 17.6. The molecule has 0 spiro atoms. The van der Waals surface area contributed by atoms with Crippen molar-refractivity contribution in [3.05, 3.63) is 60.9 Å². The Morgan fingerprint density at radius 1 is 1.00 bits per heavy atom. The molecule has 3 heterocycles. The Morgan fingerprint density at radius 3 is 2.76 bits per heavy atom. The molecule has 4 aromatic rings. The van der Waals surface area contributed by atoms with Crippen LogP contribution < -0.4 is 25.6 Å². The van der Waals surface area contributed by atoms with Crippen LogP contribution in [0, 0.1) is 0 Å². The molecule has 0 aliphatic carbocycles. The minimum Gasteiger partial charge on any atom is -0.454 e. The minimum atomic E-state index is 0.257. The fourth-order valence-corrected chi connectivity index (χ4v) is 4.16. The van der Waals surface area contributed by atoms with Crippen molar-refractivity contribution in [3.8, 4) is 21.9 Å². The fraction of sp³-hybridized carbons (Fsp3) is 0.0500. The van der Waals surface area contributed by atoms with E-state index in [-0.39, 0.29) is 6.79 Å². The number of aromatic nitrogens is 2. The van der Waals surface area contributed by atoms with Gasteiger partial charge >= 0.3 is 0 Å². The first kappa shape index (κ1) is 17.7. The van der Waals surface area contributed by atoms with Crippen molar-refractivity contribution in [3.63, 3.8) is 0 Å². The summed E-state index contributed by atoms with van der Waals surface area (Å²) >= 11 is 6.93. The second-order valence-electron chi connectivity index (χ2n) is 6.19. The highest BCUT2D eigenvalue weighted by atomic mass is 32.1. The van der Waals surface area contributed by atoms with Crippen molar-refractivity contribution in [2.24, 2.45) is 0 Å². The second-order valence-corrected chi connectivity index (χ2v) is 7.65. The standard InChI is InChI=1S/C20H15N5O2S2/c28-20(23-13-4-2-1-3-5-13)25-24-19-18-14(21-10-22-19)9-17(29-18)12-6-7-15-16(8-12)27-11-26-15/h1-10H,11H2,(H,21,22,24)(H2,23,25,28). The van der Waals surface area contributed by atoms with Gasteiger partial charge in [-0.3, -0.25) is 10.9 Å². The number of hydrogen-bond acceptors (Lipinski definition) is 7. The van der Waals surface area contributed by atoms with E-state index in [1.165, 1.54) is 6.33 Å². The van der Waals surface area contributed by atoms with Crippen molar-refractivity contribution in [2.75, 3.05) is 17.5 Å². The first-order chi connectivity index (χ1) is 14.3. The van der Waals surface area contributed by atoms with Crippen molar-refractivity contribution < 1.29 is 9.47 Å². The van der Waals surface area contributed by atoms with E-state index < -0.39 is 0 Å². The predicted molar refractivity (Wildman–Crippen MR) is 118 cm³/mol. The molecule has 3 N–H and O–H groups in total. The molecule has 2 aromatic heterocycles. The number of nitrogens with zero attached hydrogens (tertiary/aromatic N) is 2. The van der Waals surface area contributed by atoms with Gasteiger partial charge in [0.15, 0.2) is 22.4 Å². The molecular formula is C20H15N5O2S2. The van der Waals surface area contributed by atoms with E-state index in [2.05, 4.69) is 26.1 Å². The lowest BCUT2D eigenvalue weighted by molar-refractivity contribution is 0.174. The van der Waals surface area contributed by atoms with Gasteiger partial charge in [-0.1, -0.05) is 18.2 Å². The summed E-state index contributed by atoms with van der Waals surface area (Å²) in [5, 5.41) is 3.55. The van der Waals surface area contributed by atoms with Gasteiger partial charge in [0.2, 0.25) is 6.79 Å². The predicted octanol–water partition coefficient (Wildman–Crippen LogP) is 4.40. The van der Waals surface area contributed by atoms with Crippen LogP contribution in [0.1, 0.15) is 0 Å². The zero-order chi connectivity index (χ0) is 19.6. The van der Waals surface area contributed by atoms with E-state index in [1.807, 2.05) is 54.6 Å². The number of para-hydroxylation sites is 1. The van der Waals surface area contributed by atoms with Crippen LogP contribution >= 0.6 is 23.6 Å². The summed E-state index contributed by atoms with van der Waals surface area (Å²) in [4.78, 5) is 9.79. The zero-order valence-corrected chi connectivity index (χ0v) is 16.6. The Hall–Kier alpha value is -3.43. The summed E-state index contributed by atoms with van der Waals surface area (Å²) in [6.07, 6.45) is 1.52. The topological polar surface area (TPSA) is 80.3 Å². The first-order valence-corrected chi connectivity index (χ1v) is 10.0. The molecule has 0 saturated heterocycles. The summed E-state index contributed by atoms with van der Waals surface area (Å²) < 4.78 is 11.8. The number of benzene rings is 2. The number of hydrazine groups is 1. The van der Waals surface area contributed by atoms with E-state index in [1.54, 1.807) is 11.3 Å². The van der Waals surface area contributed by atoms with Crippen molar-refractivity contribution >= 4 is 50.4 Å². The molecule has 1 aliphatic heterocycles. The summed E-state index contributed by atoms with van der Waals surface area (Å²) in [6.45, 7) is 0.257. The average Bonchev–Trinajstić information content (AvgIpc) is 3.39. The first-order valence-electron chi connectivity index (χ1n) is 8.79. The molecule has 0 bridgehead atoms. The molecule has 0 radical (unpaired) electrons. The van der Waals surface area contributed by atoms with Gasteiger partial charge < -0.3 is 14.8 Å². The van der Waals surface area contributed by atoms with Crippen LogP contribution in [-0.4, -0.2) is 21.9 Å². The molecule has 0 amide bonds. The van der Waals surface area contributed by atoms with Gasteiger partial charge in [-0.25, -0.2) is 9.97 Å². The van der Waals surface area contributed by atoms with Crippen molar-refractivity contribution in [2.45, 2.75) is 0 Å². The highest BCUT2D eigenvalue weighted by Crippen LogP contribution is 2.40. The smallest absolute Gasteiger partial charge is 0.231 e. The van der Waals surface area contributed by atoms with Gasteiger partial charge in [0.1, 0.15) is 6.33 Å². The van der Waals surface area contributed by atoms with Crippen LogP contribution in [0.2, 0.25) is 0 Å². The zero-order valence-electron chi connectivity index (χ0n) is 15.0. The number of nitrogens with one attached hydrogen (secondary N) is 3. The Morgan fingerprint density at radius 2 is 1.86 bits per heavy atom. The maximum Gasteiger partial charge on any atom is 0.231 e. The highest BCUT2D eigenvalue weighted by Gasteiger charge is 2.16. The lowest BCUT2D eigenvalue weighted by Gasteiger charge is -2.12. The molecule has 0 unspecified atom stereocenters. The molecule has 0 fully saturated rings. The average molecular weight is 422 g/mol. The molecule has 144 valence electrons. The van der Waals surface area contributed by atoms with Crippen molar-refractivity contribution in [1.82, 2.24) is 15.4 Å². The number of anilines is 2. The molecule has 0 atom stereocenters. The summed E-state index contributed by atoms with van der Waals surface area (Å²) in [5.41, 5.74) is 8.84. The Balaban J connectivity index is 1.36. The number of hydrogen-bond donors (Lipinski definition) is 3. The van der Waals surface area contributed by atoms with Gasteiger partial charge in [-0.2, -0.15) is 0 Å². The van der Waals surface area contributed by atoms with E-state index >= 15 is 0 Å². The Kier molecular flexibility index (Phi) is 4.59. The third-order valence-electron chi connectivity index (χ3n) is 4.29. The van der Waals surface area contributed by atoms with E-state index in [4.69, 9.17) is 21.7 Å². The third-order valence-corrected chi connectivity index (χ3v) is 5.68. The van der Waals surface area contributed by atoms with Crippen LogP contribution in [0.5, 0.6) is 11.5 Å². The largest absolute Gasteiger partial charge is 0.454 e. The van der Waals surface area contributed by atoms with Crippen LogP contribution in [0.4, 0.5) is 11.5 Å². The lowest BCUT2D eigenvalue weighted by atomic mass is 10.1. The molecule has 9 heteroatoms. The minimum absolute atomic E-state index is 0.257. The SMILES string of the molecule is S=C(NNc1ncnc2cc(-c3ccc4c(c3)OCO4)sc12)Nc1ccccc1. The van der Waals surface area contributed by atoms with Gasteiger partial charge in [0.25, 0.3) is 0 Å². The lowest BCUT2D eigenvalue weighted by Crippen LogP contribution is -2.33. The number of ether oxygens (including phenoxy) is 2. The van der Waals surface area contributed by atoms with Crippen LogP contribution in [0.15, 0.2) is 60.9 Å². The quantitative estimate of drug-likeness (QED) is 0.331. The number of thiophene rings is 1. The number of rotatable bonds is 4. The highest BCUT2D eigenvalue weighted by molar-refractivity contribution is 7.80. The Bertz CT molecular complexity index is 1200. The van der Waals surface area contributed by atoms with Crippen LogP contribution in [0.3, 0.4) is 0 Å². The molecule has 0 saturated carbocycles. The Labute approximate surface area is 175 Å². The van der Waals surface area contributed by atoms with Crippen molar-refractivity contribution in [1.29, 1.82) is 0 Å². The van der Waals surface area contributed by atoms with Gasteiger partial charge in [0, 0.05) is 10.6 Å². The summed E-state index contributed by atoms with van der Waals surface area (Å²) in [7, 11) is 0. The molecule has 1 aliphatic rings. The second kappa shape index (κ2) is 7.53. The van der Waals surface area contributed by atoms with E-state index in [9.17, 15) is 0 Å². The number of thiocarbonyl (C=S) groups is 1. The summed E-state index contributed by atoms with van der Waals surface area (Å²) in [5.74, 6) is 2.17. The molecule has 29 heavy (non-hydrogen) atoms. The van der Waals surface area contributed by atoms with Gasteiger partial charge in [-0.15, -0.1) is 11.3 Å². The fourth-order valence-electron chi connectivity index (χ4n) is 2.94. The third kappa shape index (κ3) is 3.65. The number of fused-ring (bicyclic) bond motifs is 2. The monoisotopic (exact) mass is 421 g/mol. The molecule has 5 rings (SSSR count). The van der Waals surface area contributed by atoms with Gasteiger partial charge in [0.05, 0.1) is 10.2 Å². The van der Waals surface area contributed by atoms with Crippen LogP contribution in [0.25, 0.3) is 20.7 Å². The normalized spacial score (nSPS) is 12.0. The molecule has 2 aromatic carbocycles. The van der Waals surface area contributed by atoms with E-state index in [0.717, 1.165) is 37.8 Å². The van der Waals surface area contributed by atoms with Gasteiger partial charge in [-0.05, 0) is 54.2 Å². The maximum atomic E-state index is 5.48. The molecular weight excluding hydrogens is 406 g/mol. The molecule has 7 nitrogen and oxygen atoms in total. The maximum absolute atomic E-state index is 5.48. The van der Waals surface area contributed by atoms with Crippen LogP contribution in [-0.2, 0) is 0 Å².